The van der Waals surface area contributed by atoms with Gasteiger partial charge in [0.15, 0.2) is 0 Å². The molecule has 2 aromatic carbocycles. The highest BCUT2D eigenvalue weighted by atomic mass is 32.2. The highest BCUT2D eigenvalue weighted by Gasteiger charge is 2.35. The number of nitrogens with zero attached hydrogens (tertiary/aromatic N) is 4. The number of nitrogens with one attached hydrogen (secondary N) is 2. The maximum atomic E-state index is 14.0. The maximum Gasteiger partial charge on any atom is 0.255 e. The summed E-state index contributed by atoms with van der Waals surface area (Å²) in [5.74, 6) is 0.368. The minimum Gasteiger partial charge on any atom is -0.328 e. The number of benzene rings is 2. The molecule has 1 aliphatic rings. The van der Waals surface area contributed by atoms with Gasteiger partial charge in [-0.3, -0.25) is 9.78 Å². The highest BCUT2D eigenvalue weighted by molar-refractivity contribution is 7.98. The second-order valence-corrected chi connectivity index (χ2v) is 8.63. The minimum absolute atomic E-state index is 0.256. The molecule has 1 amide bonds. The number of rotatable bonds is 6. The summed E-state index contributed by atoms with van der Waals surface area (Å²) in [5.41, 5.74) is 3.09. The number of halogens is 1. The Morgan fingerprint density at radius 3 is 2.62 bits per heavy atom. The Kier molecular flexibility index (Phi) is 6.09. The number of carbonyl (C=O) groups excluding carboxylic acids is 1. The fourth-order valence-corrected chi connectivity index (χ4v) is 4.59. The van der Waals surface area contributed by atoms with Gasteiger partial charge in [-0.25, -0.2) is 9.07 Å². The fraction of sp³-hybridized carbons (Fsp3) is 0.120. The number of fused-ring (bicyclic) bond motifs is 1. The molecule has 0 fully saturated rings. The monoisotopic (exact) mass is 472 g/mol. The Morgan fingerprint density at radius 2 is 1.85 bits per heavy atom. The number of amides is 1. The first kappa shape index (κ1) is 21.8. The lowest BCUT2D eigenvalue weighted by Gasteiger charge is -2.27. The van der Waals surface area contributed by atoms with Crippen molar-refractivity contribution in [2.45, 2.75) is 23.9 Å². The maximum absolute atomic E-state index is 14.0. The SMILES string of the molecule is CC1=C(C(=O)Nc2ccccc2)[C@@H](c2ccccn2)n2nc(SCc3ccccc3F)nc2N1. The Balaban J connectivity index is 1.48. The van der Waals surface area contributed by atoms with Crippen molar-refractivity contribution >= 4 is 29.3 Å². The standard InChI is InChI=1S/C25H21FN6OS/c1-16-21(23(33)29-18-10-3-2-4-11-18)22(20-13-7-8-14-27-20)32-24(28-16)30-25(31-32)34-15-17-9-5-6-12-19(17)26/h2-14,22H,15H2,1H3,(H,29,33)(H,28,30,31)/t22-/m1/s1. The number of hydrogen-bond acceptors (Lipinski definition) is 6. The number of para-hydroxylation sites is 1. The van der Waals surface area contributed by atoms with Crippen LogP contribution in [0.1, 0.15) is 24.2 Å². The van der Waals surface area contributed by atoms with E-state index in [-0.39, 0.29) is 11.7 Å². The molecular weight excluding hydrogens is 451 g/mol. The highest BCUT2D eigenvalue weighted by Crippen LogP contribution is 2.36. The van der Waals surface area contributed by atoms with Gasteiger partial charge >= 0.3 is 0 Å². The lowest BCUT2D eigenvalue weighted by molar-refractivity contribution is -0.113. The molecular formula is C25H21FN6OS. The van der Waals surface area contributed by atoms with Gasteiger partial charge in [-0.2, -0.15) is 4.98 Å². The molecule has 1 aliphatic heterocycles. The Bertz CT molecular complexity index is 1360. The van der Waals surface area contributed by atoms with Gasteiger partial charge in [0.05, 0.1) is 11.3 Å². The summed E-state index contributed by atoms with van der Waals surface area (Å²) in [6, 6.07) is 20.9. The van der Waals surface area contributed by atoms with Crippen molar-refractivity contribution < 1.29 is 9.18 Å². The van der Waals surface area contributed by atoms with Crippen LogP contribution in [0.4, 0.5) is 16.0 Å². The number of pyridine rings is 1. The van der Waals surface area contributed by atoms with Crippen molar-refractivity contribution in [3.05, 3.63) is 107 Å². The van der Waals surface area contributed by atoms with E-state index in [1.54, 1.807) is 29.1 Å². The summed E-state index contributed by atoms with van der Waals surface area (Å²) in [4.78, 5) is 22.5. The lowest BCUT2D eigenvalue weighted by Crippen LogP contribution is -2.32. The number of anilines is 2. The quantitative estimate of drug-likeness (QED) is 0.383. The molecule has 170 valence electrons. The van der Waals surface area contributed by atoms with Crippen LogP contribution in [-0.4, -0.2) is 25.7 Å². The van der Waals surface area contributed by atoms with Gasteiger partial charge in [-0.05, 0) is 42.8 Å². The summed E-state index contributed by atoms with van der Waals surface area (Å²) in [6.45, 7) is 1.83. The van der Waals surface area contributed by atoms with Crippen molar-refractivity contribution in [1.82, 2.24) is 19.7 Å². The molecule has 0 spiro atoms. The van der Waals surface area contributed by atoms with Gasteiger partial charge in [0, 0.05) is 23.3 Å². The molecule has 0 saturated carbocycles. The van der Waals surface area contributed by atoms with Crippen molar-refractivity contribution in [1.29, 1.82) is 0 Å². The molecule has 7 nitrogen and oxygen atoms in total. The second-order valence-electron chi connectivity index (χ2n) is 7.68. The van der Waals surface area contributed by atoms with Crippen LogP contribution in [0.25, 0.3) is 0 Å². The van der Waals surface area contributed by atoms with Crippen molar-refractivity contribution in [2.75, 3.05) is 10.6 Å². The van der Waals surface area contributed by atoms with E-state index >= 15 is 0 Å². The first-order chi connectivity index (χ1) is 16.6. The number of carbonyl (C=O) groups is 1. The molecule has 0 unspecified atom stereocenters. The average Bonchev–Trinajstić information content (AvgIpc) is 3.26. The van der Waals surface area contributed by atoms with Crippen molar-refractivity contribution in [3.8, 4) is 0 Å². The molecule has 0 aliphatic carbocycles. The van der Waals surface area contributed by atoms with Crippen LogP contribution in [-0.2, 0) is 10.5 Å². The predicted octanol–water partition coefficient (Wildman–Crippen LogP) is 5.03. The number of aromatic nitrogens is 4. The van der Waals surface area contributed by atoms with Crippen LogP contribution in [0.3, 0.4) is 0 Å². The third-order valence-corrected chi connectivity index (χ3v) is 6.28. The van der Waals surface area contributed by atoms with Crippen LogP contribution in [0, 0.1) is 5.82 Å². The van der Waals surface area contributed by atoms with E-state index in [0.717, 1.165) is 0 Å². The summed E-state index contributed by atoms with van der Waals surface area (Å²) in [7, 11) is 0. The van der Waals surface area contributed by atoms with Gasteiger partial charge in [-0.1, -0.05) is 54.2 Å². The molecule has 3 heterocycles. The summed E-state index contributed by atoms with van der Waals surface area (Å²) >= 11 is 1.33. The third-order valence-electron chi connectivity index (χ3n) is 5.39. The molecule has 2 N–H and O–H groups in total. The predicted molar refractivity (Wildman–Crippen MR) is 130 cm³/mol. The smallest absolute Gasteiger partial charge is 0.255 e. The molecule has 0 saturated heterocycles. The lowest BCUT2D eigenvalue weighted by atomic mass is 9.98. The Hall–Kier alpha value is -3.98. The van der Waals surface area contributed by atoms with Crippen LogP contribution in [0.5, 0.6) is 0 Å². The average molecular weight is 473 g/mol. The summed E-state index contributed by atoms with van der Waals surface area (Å²) in [5, 5.41) is 11.3. The molecule has 4 aromatic rings. The zero-order valence-corrected chi connectivity index (χ0v) is 19.1. The first-order valence-electron chi connectivity index (χ1n) is 10.7. The summed E-state index contributed by atoms with van der Waals surface area (Å²) in [6.07, 6.45) is 1.68. The minimum atomic E-state index is -0.573. The molecule has 0 bridgehead atoms. The van der Waals surface area contributed by atoms with E-state index in [1.807, 2.05) is 55.5 Å². The second kappa shape index (κ2) is 9.48. The third kappa shape index (κ3) is 4.42. The Morgan fingerprint density at radius 1 is 1.09 bits per heavy atom. The van der Waals surface area contributed by atoms with Gasteiger partial charge in [-0.15, -0.1) is 5.10 Å². The topological polar surface area (TPSA) is 84.7 Å². The van der Waals surface area contributed by atoms with E-state index in [2.05, 4.69) is 25.7 Å². The Labute approximate surface area is 200 Å². The van der Waals surface area contributed by atoms with E-state index in [9.17, 15) is 9.18 Å². The number of thioether (sulfide) groups is 1. The van der Waals surface area contributed by atoms with Crippen LogP contribution in [0.2, 0.25) is 0 Å². The van der Waals surface area contributed by atoms with Gasteiger partial charge in [0.2, 0.25) is 11.1 Å². The van der Waals surface area contributed by atoms with Gasteiger partial charge < -0.3 is 10.6 Å². The van der Waals surface area contributed by atoms with Gasteiger partial charge in [0.1, 0.15) is 11.9 Å². The van der Waals surface area contributed by atoms with E-state index in [1.165, 1.54) is 17.8 Å². The van der Waals surface area contributed by atoms with E-state index in [4.69, 9.17) is 0 Å². The van der Waals surface area contributed by atoms with Crippen LogP contribution < -0.4 is 10.6 Å². The molecule has 34 heavy (non-hydrogen) atoms. The number of hydrogen-bond donors (Lipinski definition) is 2. The number of allylic oxidation sites excluding steroid dienone is 1. The zero-order chi connectivity index (χ0) is 23.5. The zero-order valence-electron chi connectivity index (χ0n) is 18.3. The molecule has 2 aromatic heterocycles. The van der Waals surface area contributed by atoms with E-state index in [0.29, 0.717) is 45.1 Å². The fourth-order valence-electron chi connectivity index (χ4n) is 3.78. The van der Waals surface area contributed by atoms with E-state index < -0.39 is 6.04 Å². The summed E-state index contributed by atoms with van der Waals surface area (Å²) < 4.78 is 15.7. The molecule has 0 radical (unpaired) electrons. The van der Waals surface area contributed by atoms with Crippen molar-refractivity contribution in [3.63, 3.8) is 0 Å². The largest absolute Gasteiger partial charge is 0.328 e. The first-order valence-corrected chi connectivity index (χ1v) is 11.7. The van der Waals surface area contributed by atoms with Crippen LogP contribution >= 0.6 is 11.8 Å². The molecule has 9 heteroatoms. The van der Waals surface area contributed by atoms with Crippen molar-refractivity contribution in [2.24, 2.45) is 0 Å². The van der Waals surface area contributed by atoms with Gasteiger partial charge in [0.25, 0.3) is 5.91 Å². The molecule has 1 atom stereocenters. The van der Waals surface area contributed by atoms with Crippen LogP contribution in [0.15, 0.2) is 95.4 Å². The normalized spacial score (nSPS) is 14.9. The molecule has 5 rings (SSSR count).